The minimum Gasteiger partial charge on any atom is -0.480 e. The van der Waals surface area contributed by atoms with Crippen molar-refractivity contribution in [3.63, 3.8) is 0 Å². The molecular formula is C19H18F3N3O5S. The molecule has 1 atom stereocenters. The van der Waals surface area contributed by atoms with Crippen LogP contribution in [0.5, 0.6) is 0 Å². The van der Waals surface area contributed by atoms with Gasteiger partial charge in [-0.05, 0) is 30.2 Å². The predicted octanol–water partition coefficient (Wildman–Crippen LogP) is 3.11. The van der Waals surface area contributed by atoms with Crippen molar-refractivity contribution in [3.05, 3.63) is 64.7 Å². The van der Waals surface area contributed by atoms with Crippen molar-refractivity contribution in [3.8, 4) is 0 Å². The highest BCUT2D eigenvalue weighted by molar-refractivity contribution is 7.20. The van der Waals surface area contributed by atoms with Gasteiger partial charge in [-0.15, -0.1) is 11.3 Å². The molecule has 0 saturated heterocycles. The summed E-state index contributed by atoms with van der Waals surface area (Å²) in [5.41, 5.74) is 13.1. The molecule has 1 amide bonds. The molecule has 31 heavy (non-hydrogen) atoms. The third kappa shape index (κ3) is 8.40. The summed E-state index contributed by atoms with van der Waals surface area (Å²) in [6, 6.07) is 13.7. The van der Waals surface area contributed by atoms with E-state index in [1.165, 1.54) is 11.3 Å². The number of aliphatic carboxylic acids is 2. The van der Waals surface area contributed by atoms with Crippen molar-refractivity contribution in [2.75, 3.05) is 0 Å². The number of carboxylic acids is 2. The second-order valence-electron chi connectivity index (χ2n) is 5.88. The number of amides is 1. The number of hydrogen-bond acceptors (Lipinski definition) is 6. The van der Waals surface area contributed by atoms with Crippen LogP contribution in [-0.4, -0.2) is 39.2 Å². The van der Waals surface area contributed by atoms with Gasteiger partial charge in [-0.1, -0.05) is 36.4 Å². The van der Waals surface area contributed by atoms with E-state index in [0.29, 0.717) is 10.6 Å². The van der Waals surface area contributed by atoms with Gasteiger partial charge >= 0.3 is 18.1 Å². The Labute approximate surface area is 177 Å². The van der Waals surface area contributed by atoms with Crippen LogP contribution in [0.2, 0.25) is 0 Å². The Morgan fingerprint density at radius 2 is 1.61 bits per heavy atom. The van der Waals surface area contributed by atoms with Crippen molar-refractivity contribution in [2.45, 2.75) is 19.1 Å². The molecule has 0 bridgehead atoms. The van der Waals surface area contributed by atoms with Gasteiger partial charge in [0, 0.05) is 0 Å². The molecule has 1 aromatic heterocycles. The van der Waals surface area contributed by atoms with Crippen LogP contribution in [0.25, 0.3) is 10.2 Å². The standard InChI is InChI=1S/C9H8N2OS.C8H9NO2.C2HF3O2/c1-5-2-3-6-7(4-5)13-9(11-6)8(10)12;9-7(8(10)11)6-4-2-1-3-5-6;3-2(4,5)1(6)7/h2-4H,1H3,(H2,10,12);1-5,7H,9H2,(H,10,11);(H,6,7)/t;7-;/m.0./s1. The average molecular weight is 457 g/mol. The molecule has 0 aliphatic heterocycles. The first-order valence-electron chi connectivity index (χ1n) is 8.33. The van der Waals surface area contributed by atoms with E-state index in [2.05, 4.69) is 4.98 Å². The lowest BCUT2D eigenvalue weighted by Crippen LogP contribution is -2.21. The molecule has 1 heterocycles. The van der Waals surface area contributed by atoms with Crippen LogP contribution < -0.4 is 11.5 Å². The molecule has 3 aromatic rings. The lowest BCUT2D eigenvalue weighted by atomic mass is 10.1. The summed E-state index contributed by atoms with van der Waals surface area (Å²) in [6.07, 6.45) is -5.08. The van der Waals surface area contributed by atoms with Crippen molar-refractivity contribution < 1.29 is 37.8 Å². The number of hydrogen-bond donors (Lipinski definition) is 4. The fourth-order valence-corrected chi connectivity index (χ4v) is 2.86. The number of halogens is 3. The van der Waals surface area contributed by atoms with Crippen LogP contribution in [0.15, 0.2) is 48.5 Å². The predicted molar refractivity (Wildman–Crippen MR) is 108 cm³/mol. The van der Waals surface area contributed by atoms with Gasteiger partial charge in [0.15, 0.2) is 5.01 Å². The van der Waals surface area contributed by atoms with Gasteiger partial charge in [-0.25, -0.2) is 9.78 Å². The third-order valence-electron chi connectivity index (χ3n) is 3.42. The zero-order chi connectivity index (χ0) is 23.8. The summed E-state index contributed by atoms with van der Waals surface area (Å²) in [7, 11) is 0. The van der Waals surface area contributed by atoms with Gasteiger partial charge in [0.25, 0.3) is 5.91 Å². The van der Waals surface area contributed by atoms with E-state index in [9.17, 15) is 22.8 Å². The van der Waals surface area contributed by atoms with Crippen molar-refractivity contribution in [2.24, 2.45) is 11.5 Å². The number of carbonyl (C=O) groups excluding carboxylic acids is 1. The third-order valence-corrected chi connectivity index (χ3v) is 4.45. The van der Waals surface area contributed by atoms with E-state index in [4.69, 9.17) is 26.5 Å². The number of benzene rings is 2. The van der Waals surface area contributed by atoms with Crippen LogP contribution in [-0.2, 0) is 9.59 Å². The fraction of sp³-hybridized carbons (Fsp3) is 0.158. The maximum Gasteiger partial charge on any atom is 0.490 e. The summed E-state index contributed by atoms with van der Waals surface area (Å²) >= 11 is 1.33. The molecule has 0 fully saturated rings. The van der Waals surface area contributed by atoms with E-state index < -0.39 is 30.1 Å². The number of nitrogens with zero attached hydrogens (tertiary/aromatic N) is 1. The van der Waals surface area contributed by atoms with Crippen molar-refractivity contribution >= 4 is 39.4 Å². The molecule has 166 valence electrons. The number of primary amides is 1. The summed E-state index contributed by atoms with van der Waals surface area (Å²) in [6.45, 7) is 2.00. The minimum absolute atomic E-state index is 0.376. The van der Waals surface area contributed by atoms with Crippen molar-refractivity contribution in [1.29, 1.82) is 0 Å². The number of carboxylic acid groups (broad SMARTS) is 2. The first kappa shape index (κ1) is 25.5. The SMILES string of the molecule is Cc1ccc2nc(C(N)=O)sc2c1.N[C@H](C(=O)O)c1ccccc1.O=C(O)C(F)(F)F. The molecule has 12 heteroatoms. The Hall–Kier alpha value is -3.51. The number of nitrogens with two attached hydrogens (primary N) is 2. The van der Waals surface area contributed by atoms with E-state index in [1.807, 2.05) is 31.2 Å². The number of aryl methyl sites for hydroxylation is 1. The number of fused-ring (bicyclic) bond motifs is 1. The normalized spacial score (nSPS) is 11.4. The topological polar surface area (TPSA) is 157 Å². The molecule has 0 aliphatic carbocycles. The number of alkyl halides is 3. The highest BCUT2D eigenvalue weighted by Crippen LogP contribution is 2.22. The lowest BCUT2D eigenvalue weighted by Gasteiger charge is -2.04. The Morgan fingerprint density at radius 3 is 2.06 bits per heavy atom. The van der Waals surface area contributed by atoms with E-state index in [0.717, 1.165) is 15.8 Å². The van der Waals surface area contributed by atoms with Crippen LogP contribution in [0.4, 0.5) is 13.2 Å². The lowest BCUT2D eigenvalue weighted by molar-refractivity contribution is -0.192. The van der Waals surface area contributed by atoms with Crippen LogP contribution in [0, 0.1) is 6.92 Å². The van der Waals surface area contributed by atoms with E-state index in [-0.39, 0.29) is 0 Å². The first-order valence-corrected chi connectivity index (χ1v) is 9.15. The maximum absolute atomic E-state index is 10.8. The summed E-state index contributed by atoms with van der Waals surface area (Å²) < 4.78 is 32.7. The quantitative estimate of drug-likeness (QED) is 0.471. The molecule has 0 spiro atoms. The second-order valence-corrected chi connectivity index (χ2v) is 6.91. The molecule has 2 aromatic carbocycles. The van der Waals surface area contributed by atoms with Crippen molar-refractivity contribution in [1.82, 2.24) is 4.98 Å². The van der Waals surface area contributed by atoms with Gasteiger partial charge in [-0.2, -0.15) is 13.2 Å². The zero-order valence-electron chi connectivity index (χ0n) is 16.0. The Morgan fingerprint density at radius 1 is 1.06 bits per heavy atom. The van der Waals surface area contributed by atoms with Gasteiger partial charge < -0.3 is 21.7 Å². The fourth-order valence-electron chi connectivity index (χ4n) is 1.94. The largest absolute Gasteiger partial charge is 0.490 e. The maximum atomic E-state index is 10.8. The number of thiazole rings is 1. The smallest absolute Gasteiger partial charge is 0.480 e. The average Bonchev–Trinajstić information content (AvgIpc) is 3.12. The van der Waals surface area contributed by atoms with Crippen LogP contribution in [0.1, 0.15) is 27.0 Å². The highest BCUT2D eigenvalue weighted by atomic mass is 32.1. The van der Waals surface area contributed by atoms with Gasteiger partial charge in [-0.3, -0.25) is 9.59 Å². The molecule has 0 aliphatic rings. The van der Waals surface area contributed by atoms with E-state index in [1.54, 1.807) is 24.3 Å². The van der Waals surface area contributed by atoms with Gasteiger partial charge in [0.1, 0.15) is 6.04 Å². The molecule has 3 rings (SSSR count). The highest BCUT2D eigenvalue weighted by Gasteiger charge is 2.38. The number of carbonyl (C=O) groups is 3. The summed E-state index contributed by atoms with van der Waals surface area (Å²) in [5, 5.41) is 16.0. The first-order chi connectivity index (χ1) is 14.3. The molecule has 6 N–H and O–H groups in total. The molecule has 8 nitrogen and oxygen atoms in total. The number of rotatable bonds is 3. The Balaban J connectivity index is 0.000000245. The van der Waals surface area contributed by atoms with Gasteiger partial charge in [0.05, 0.1) is 10.2 Å². The molecule has 0 radical (unpaired) electrons. The summed E-state index contributed by atoms with van der Waals surface area (Å²) in [4.78, 5) is 34.2. The minimum atomic E-state index is -5.08. The van der Waals surface area contributed by atoms with Crippen LogP contribution >= 0.6 is 11.3 Å². The Kier molecular flexibility index (Phi) is 9.09. The van der Waals surface area contributed by atoms with Gasteiger partial charge in [0.2, 0.25) is 0 Å². The number of aromatic nitrogens is 1. The summed E-state index contributed by atoms with van der Waals surface area (Å²) in [5.74, 6) is -4.22. The Bertz CT molecular complexity index is 1050. The molecule has 0 saturated carbocycles. The van der Waals surface area contributed by atoms with Crippen LogP contribution in [0.3, 0.4) is 0 Å². The molecule has 0 unspecified atom stereocenters. The zero-order valence-corrected chi connectivity index (χ0v) is 16.8. The second kappa shape index (κ2) is 11.0. The van der Waals surface area contributed by atoms with E-state index >= 15 is 0 Å². The monoisotopic (exact) mass is 457 g/mol. The molecular weight excluding hydrogens is 439 g/mol.